The summed E-state index contributed by atoms with van der Waals surface area (Å²) in [6, 6.07) is 13.2. The minimum absolute atomic E-state index is 0.0994. The summed E-state index contributed by atoms with van der Waals surface area (Å²) in [6.07, 6.45) is 0.819. The Hall–Kier alpha value is -2.49. The van der Waals surface area contributed by atoms with Crippen LogP contribution in [-0.4, -0.2) is 29.1 Å². The largest absolute Gasteiger partial charge is 0.305 e. The fraction of sp³-hybridized carbons (Fsp3) is 0.391. The van der Waals surface area contributed by atoms with Gasteiger partial charge < -0.3 is 4.90 Å². The Morgan fingerprint density at radius 3 is 2.38 bits per heavy atom. The number of nitriles is 1. The number of hydrogen-bond acceptors (Lipinski definition) is 4. The molecule has 1 unspecified atom stereocenters. The van der Waals surface area contributed by atoms with E-state index in [1.807, 2.05) is 59.1 Å². The van der Waals surface area contributed by atoms with Crippen LogP contribution in [0, 0.1) is 11.3 Å². The maximum Gasteiger partial charge on any atom is 0.258 e. The molecule has 0 aromatic heterocycles. The lowest BCUT2D eigenvalue weighted by Crippen LogP contribution is -2.10. The summed E-state index contributed by atoms with van der Waals surface area (Å²) in [7, 11) is 1.84. The molecule has 1 amide bonds. The number of rotatable bonds is 7. The van der Waals surface area contributed by atoms with Crippen LogP contribution in [0.25, 0.3) is 0 Å². The Morgan fingerprint density at radius 1 is 1.21 bits per heavy atom. The third kappa shape index (κ3) is 6.25. The second-order valence-electron chi connectivity index (χ2n) is 7.67. The summed E-state index contributed by atoms with van der Waals surface area (Å²) in [5.41, 5.74) is 4.56. The number of thiol groups is 1. The number of benzene rings is 2. The van der Waals surface area contributed by atoms with Gasteiger partial charge in [-0.15, -0.1) is 0 Å². The highest BCUT2D eigenvalue weighted by Crippen LogP contribution is 2.26. The van der Waals surface area contributed by atoms with Gasteiger partial charge in [-0.25, -0.2) is 4.21 Å². The molecule has 0 aliphatic rings. The van der Waals surface area contributed by atoms with E-state index in [1.54, 1.807) is 12.1 Å². The molecule has 0 aliphatic heterocycles. The first-order valence-corrected chi connectivity index (χ1v) is 11.0. The molecule has 0 bridgehead atoms. The normalized spacial score (nSPS) is 12.3. The first-order valence-electron chi connectivity index (χ1n) is 9.76. The zero-order valence-electron chi connectivity index (χ0n) is 17.8. The third-order valence-corrected chi connectivity index (χ3v) is 5.84. The molecule has 2 aromatic carbocycles. The fourth-order valence-electron chi connectivity index (χ4n) is 3.31. The van der Waals surface area contributed by atoms with Gasteiger partial charge in [-0.1, -0.05) is 32.9 Å². The highest BCUT2D eigenvalue weighted by Gasteiger charge is 2.16. The molecule has 2 rings (SSSR count). The van der Waals surface area contributed by atoms with Crippen LogP contribution in [0.2, 0.25) is 0 Å². The SMILES string of the molecule is CCc1cc(C#N)cc(C(C)C)c1CC(=O)/N=[SH](=O)/c1ccc(CN(C)C)cc1. The standard InChI is InChI=1S/C23H29N3O2S/c1-6-19-11-18(14-24)12-21(16(2)3)22(19)13-23(27)25-29(28)20-9-7-17(8-10-20)15-26(4)5/h7-12,16,29H,6,13,15H2,1-5H3. The molecule has 0 N–H and O–H groups in total. The van der Waals surface area contributed by atoms with Gasteiger partial charge in [0.25, 0.3) is 5.91 Å². The number of carbonyl (C=O) groups excluding carboxylic acids is 1. The minimum atomic E-state index is -2.13. The van der Waals surface area contributed by atoms with E-state index in [9.17, 15) is 14.3 Å². The Balaban J connectivity index is 2.28. The van der Waals surface area contributed by atoms with Gasteiger partial charge >= 0.3 is 0 Å². The van der Waals surface area contributed by atoms with Crippen molar-refractivity contribution in [1.82, 2.24) is 4.90 Å². The predicted octanol–water partition coefficient (Wildman–Crippen LogP) is 4.10. The van der Waals surface area contributed by atoms with Gasteiger partial charge in [0.1, 0.15) is 0 Å². The molecule has 0 fully saturated rings. The zero-order chi connectivity index (χ0) is 21.6. The van der Waals surface area contributed by atoms with Gasteiger partial charge in [0, 0.05) is 11.4 Å². The minimum Gasteiger partial charge on any atom is -0.305 e. The van der Waals surface area contributed by atoms with Crippen LogP contribution < -0.4 is 0 Å². The van der Waals surface area contributed by atoms with Crippen molar-refractivity contribution >= 4 is 16.5 Å². The van der Waals surface area contributed by atoms with Gasteiger partial charge in [-0.05, 0) is 73.0 Å². The summed E-state index contributed by atoms with van der Waals surface area (Å²) in [5, 5.41) is 9.27. The van der Waals surface area contributed by atoms with E-state index in [2.05, 4.69) is 15.3 Å². The second kappa shape index (κ2) is 10.3. The Labute approximate surface area is 175 Å². The summed E-state index contributed by atoms with van der Waals surface area (Å²) < 4.78 is 16.5. The Kier molecular flexibility index (Phi) is 8.12. The van der Waals surface area contributed by atoms with Crippen LogP contribution >= 0.6 is 0 Å². The average molecular weight is 412 g/mol. The Morgan fingerprint density at radius 2 is 1.86 bits per heavy atom. The van der Waals surface area contributed by atoms with E-state index in [0.29, 0.717) is 10.5 Å². The van der Waals surface area contributed by atoms with E-state index < -0.39 is 16.5 Å². The maximum atomic E-state index is 12.6. The molecule has 0 spiro atoms. The third-order valence-electron chi connectivity index (χ3n) is 4.70. The van der Waals surface area contributed by atoms with Crippen molar-refractivity contribution in [2.24, 2.45) is 4.36 Å². The first kappa shape index (κ1) is 22.8. The number of hydrogen-bond donors (Lipinski definition) is 1. The van der Waals surface area contributed by atoms with Crippen molar-refractivity contribution < 1.29 is 9.00 Å². The summed E-state index contributed by atoms with van der Waals surface area (Å²) in [6.45, 7) is 6.87. The molecular weight excluding hydrogens is 382 g/mol. The summed E-state index contributed by atoms with van der Waals surface area (Å²) >= 11 is 0. The maximum absolute atomic E-state index is 12.6. The smallest absolute Gasteiger partial charge is 0.258 e. The molecule has 154 valence electrons. The lowest BCUT2D eigenvalue weighted by atomic mass is 9.88. The number of amides is 1. The van der Waals surface area contributed by atoms with Crippen LogP contribution in [0.5, 0.6) is 0 Å². The van der Waals surface area contributed by atoms with Crippen molar-refractivity contribution in [2.75, 3.05) is 14.1 Å². The predicted molar refractivity (Wildman–Crippen MR) is 117 cm³/mol. The van der Waals surface area contributed by atoms with Crippen molar-refractivity contribution in [3.8, 4) is 6.07 Å². The molecule has 0 saturated heterocycles. The van der Waals surface area contributed by atoms with Crippen LogP contribution in [0.4, 0.5) is 0 Å². The molecule has 6 heteroatoms. The molecular formula is C23H29N3O2S. The second-order valence-corrected chi connectivity index (χ2v) is 8.93. The summed E-state index contributed by atoms with van der Waals surface area (Å²) in [5.74, 6) is -0.223. The number of nitrogens with zero attached hydrogens (tertiary/aromatic N) is 3. The van der Waals surface area contributed by atoms with Crippen LogP contribution in [-0.2, 0) is 34.8 Å². The van der Waals surface area contributed by atoms with E-state index in [0.717, 1.165) is 35.2 Å². The van der Waals surface area contributed by atoms with E-state index in [1.165, 1.54) is 0 Å². The molecule has 0 radical (unpaired) electrons. The average Bonchev–Trinajstić information content (AvgIpc) is 2.67. The van der Waals surface area contributed by atoms with E-state index in [-0.39, 0.29) is 12.3 Å². The van der Waals surface area contributed by atoms with E-state index in [4.69, 9.17) is 0 Å². The van der Waals surface area contributed by atoms with Gasteiger partial charge in [0.2, 0.25) is 0 Å². The molecule has 0 saturated carbocycles. The van der Waals surface area contributed by atoms with Crippen LogP contribution in [0.15, 0.2) is 45.7 Å². The quantitative estimate of drug-likeness (QED) is 0.696. The Bertz CT molecular complexity index is 996. The lowest BCUT2D eigenvalue weighted by Gasteiger charge is -2.16. The summed E-state index contributed by atoms with van der Waals surface area (Å²) in [4.78, 5) is 15.2. The highest BCUT2D eigenvalue weighted by molar-refractivity contribution is 7.75. The first-order chi connectivity index (χ1) is 13.7. The fourth-order valence-corrected chi connectivity index (χ4v) is 4.10. The highest BCUT2D eigenvalue weighted by atomic mass is 32.2. The molecule has 0 heterocycles. The van der Waals surface area contributed by atoms with Gasteiger partial charge in [-0.3, -0.25) is 4.79 Å². The number of carbonyl (C=O) groups is 1. The van der Waals surface area contributed by atoms with Gasteiger partial charge in [0.05, 0.1) is 28.6 Å². The molecule has 5 nitrogen and oxygen atoms in total. The van der Waals surface area contributed by atoms with Crippen LogP contribution in [0.1, 0.15) is 54.5 Å². The molecule has 1 atom stereocenters. The van der Waals surface area contributed by atoms with Gasteiger partial charge in [0.15, 0.2) is 0 Å². The monoisotopic (exact) mass is 411 g/mol. The van der Waals surface area contributed by atoms with Crippen molar-refractivity contribution in [2.45, 2.75) is 51.0 Å². The van der Waals surface area contributed by atoms with Crippen LogP contribution in [0.3, 0.4) is 0 Å². The molecule has 0 aliphatic carbocycles. The molecule has 29 heavy (non-hydrogen) atoms. The lowest BCUT2D eigenvalue weighted by molar-refractivity contribution is -0.117. The van der Waals surface area contributed by atoms with Crippen molar-refractivity contribution in [3.63, 3.8) is 0 Å². The van der Waals surface area contributed by atoms with Gasteiger partial charge in [-0.2, -0.15) is 9.62 Å². The topological polar surface area (TPSA) is 73.5 Å². The van der Waals surface area contributed by atoms with Crippen molar-refractivity contribution in [3.05, 3.63) is 64.2 Å². The van der Waals surface area contributed by atoms with E-state index >= 15 is 0 Å². The number of aryl methyl sites for hydroxylation is 1. The van der Waals surface area contributed by atoms with Crippen molar-refractivity contribution in [1.29, 1.82) is 5.26 Å². The molecule has 2 aromatic rings. The zero-order valence-corrected chi connectivity index (χ0v) is 18.7.